The molecule has 4 rings (SSSR count). The van der Waals surface area contributed by atoms with Crippen LogP contribution in [0.4, 0.5) is 5.13 Å². The number of anilines is 1. The van der Waals surface area contributed by atoms with E-state index in [1.165, 1.54) is 11.1 Å². The van der Waals surface area contributed by atoms with E-state index >= 15 is 0 Å². The van der Waals surface area contributed by atoms with Crippen LogP contribution < -0.4 is 5.43 Å². The summed E-state index contributed by atoms with van der Waals surface area (Å²) in [6.07, 6.45) is 0. The number of nitrogens with zero attached hydrogens (tertiary/aromatic N) is 2. The number of aryl methyl sites for hydroxylation is 2. The number of hydrogen-bond acceptors (Lipinski definition) is 4. The molecule has 1 N–H and O–H groups in total. The van der Waals surface area contributed by atoms with Gasteiger partial charge in [-0.15, -0.1) is 0 Å². The van der Waals surface area contributed by atoms with E-state index in [9.17, 15) is 0 Å². The molecule has 1 heterocycles. The van der Waals surface area contributed by atoms with E-state index in [0.29, 0.717) is 0 Å². The topological polar surface area (TPSA) is 37.3 Å². The molecule has 0 amide bonds. The number of aromatic nitrogens is 1. The van der Waals surface area contributed by atoms with Gasteiger partial charge in [0.25, 0.3) is 0 Å². The second kappa shape index (κ2) is 8.41. The van der Waals surface area contributed by atoms with Crippen LogP contribution in [-0.2, 0) is 0 Å². The average Bonchev–Trinajstić information content (AvgIpc) is 3.19. The van der Waals surface area contributed by atoms with E-state index in [-0.39, 0.29) is 0 Å². The van der Waals surface area contributed by atoms with Crippen molar-refractivity contribution in [3.63, 3.8) is 0 Å². The lowest BCUT2D eigenvalue weighted by Crippen LogP contribution is -1.99. The van der Waals surface area contributed by atoms with E-state index in [4.69, 9.17) is 4.98 Å². The summed E-state index contributed by atoms with van der Waals surface area (Å²) in [4.78, 5) is 6.04. The minimum Gasteiger partial charge on any atom is -0.252 e. The van der Waals surface area contributed by atoms with Crippen molar-refractivity contribution in [2.24, 2.45) is 5.10 Å². The molecule has 0 aliphatic heterocycles. The van der Waals surface area contributed by atoms with Crippen molar-refractivity contribution in [3.8, 4) is 21.7 Å². The molecule has 3 aromatic carbocycles. The van der Waals surface area contributed by atoms with Crippen molar-refractivity contribution < 1.29 is 0 Å². The van der Waals surface area contributed by atoms with Gasteiger partial charge in [0.15, 0.2) is 0 Å². The number of hydrazone groups is 1. The summed E-state index contributed by atoms with van der Waals surface area (Å²) >= 11 is 1.63. The van der Waals surface area contributed by atoms with Gasteiger partial charge in [-0.2, -0.15) is 5.10 Å². The lowest BCUT2D eigenvalue weighted by Gasteiger charge is -2.05. The van der Waals surface area contributed by atoms with Gasteiger partial charge in [0, 0.05) is 5.56 Å². The normalized spacial score (nSPS) is 11.5. The van der Waals surface area contributed by atoms with Crippen LogP contribution in [0.5, 0.6) is 0 Å². The van der Waals surface area contributed by atoms with E-state index in [1.54, 1.807) is 11.3 Å². The van der Waals surface area contributed by atoms with E-state index in [1.807, 2.05) is 31.2 Å². The van der Waals surface area contributed by atoms with Gasteiger partial charge in [-0.1, -0.05) is 84.1 Å². The van der Waals surface area contributed by atoms with Crippen LogP contribution in [0.2, 0.25) is 0 Å². The summed E-state index contributed by atoms with van der Waals surface area (Å²) in [6, 6.07) is 27.1. The van der Waals surface area contributed by atoms with Gasteiger partial charge in [-0.25, -0.2) is 4.98 Å². The molecule has 144 valence electrons. The first kappa shape index (κ1) is 19.1. The fourth-order valence-electron chi connectivity index (χ4n) is 3.11. The molecule has 0 bridgehead atoms. The Labute approximate surface area is 175 Å². The van der Waals surface area contributed by atoms with Crippen LogP contribution in [0.3, 0.4) is 0 Å². The number of benzene rings is 3. The van der Waals surface area contributed by atoms with Gasteiger partial charge in [0.05, 0.1) is 16.3 Å². The van der Waals surface area contributed by atoms with Crippen LogP contribution in [-0.4, -0.2) is 10.7 Å². The first-order valence-electron chi connectivity index (χ1n) is 9.61. The first-order valence-corrected chi connectivity index (χ1v) is 10.4. The highest BCUT2D eigenvalue weighted by Gasteiger charge is 2.15. The van der Waals surface area contributed by atoms with E-state index < -0.39 is 0 Å². The third-order valence-corrected chi connectivity index (χ3v) is 5.96. The minimum absolute atomic E-state index is 0.785. The molecule has 29 heavy (non-hydrogen) atoms. The summed E-state index contributed by atoms with van der Waals surface area (Å²) in [5.74, 6) is 0. The standard InChI is InChI=1S/C25H23N3S/c1-17-14-15-22(16-18(17)2)23-24(21-12-8-5-9-13-21)29-25(26-23)28-27-19(3)20-10-6-4-7-11-20/h4-16H,1-3H3,(H,26,28)/b27-19-. The molecule has 0 spiro atoms. The van der Waals surface area contributed by atoms with E-state index in [2.05, 4.69) is 79.0 Å². The molecule has 1 aromatic heterocycles. The number of hydrogen-bond donors (Lipinski definition) is 1. The van der Waals surface area contributed by atoms with Crippen molar-refractivity contribution in [3.05, 3.63) is 95.6 Å². The molecule has 0 aliphatic carbocycles. The molecule has 0 unspecified atom stereocenters. The molecule has 0 atom stereocenters. The zero-order chi connectivity index (χ0) is 20.2. The van der Waals surface area contributed by atoms with Crippen molar-refractivity contribution in [1.82, 2.24) is 4.98 Å². The van der Waals surface area contributed by atoms with Crippen LogP contribution >= 0.6 is 11.3 Å². The fourth-order valence-corrected chi connectivity index (χ4v) is 4.05. The summed E-state index contributed by atoms with van der Waals surface area (Å²) in [7, 11) is 0. The summed E-state index contributed by atoms with van der Waals surface area (Å²) in [5.41, 5.74) is 11.0. The molecular formula is C25H23N3S. The Morgan fingerprint density at radius 2 is 1.52 bits per heavy atom. The van der Waals surface area contributed by atoms with Crippen LogP contribution in [0.1, 0.15) is 23.6 Å². The average molecular weight is 398 g/mol. The Hall–Kier alpha value is -3.24. The lowest BCUT2D eigenvalue weighted by molar-refractivity contribution is 1.27. The van der Waals surface area contributed by atoms with Gasteiger partial charge in [0.2, 0.25) is 5.13 Å². The molecule has 0 aliphatic rings. The third-order valence-electron chi connectivity index (χ3n) is 4.95. The Balaban J connectivity index is 1.73. The predicted molar refractivity (Wildman–Crippen MR) is 125 cm³/mol. The quantitative estimate of drug-likeness (QED) is 0.293. The SMILES string of the molecule is C/C(=N/Nc1nc(-c2ccc(C)c(C)c2)c(-c2ccccc2)s1)c1ccccc1. The Bertz CT molecular complexity index is 1150. The Morgan fingerprint density at radius 3 is 2.21 bits per heavy atom. The third kappa shape index (κ3) is 4.28. The fraction of sp³-hybridized carbons (Fsp3) is 0.120. The molecule has 0 radical (unpaired) electrons. The monoisotopic (exact) mass is 397 g/mol. The molecule has 4 aromatic rings. The van der Waals surface area contributed by atoms with Gasteiger partial charge in [-0.3, -0.25) is 5.43 Å². The van der Waals surface area contributed by atoms with Crippen molar-refractivity contribution in [1.29, 1.82) is 0 Å². The zero-order valence-corrected chi connectivity index (χ0v) is 17.6. The highest BCUT2D eigenvalue weighted by molar-refractivity contribution is 7.19. The summed E-state index contributed by atoms with van der Waals surface area (Å²) in [5, 5.41) is 5.34. The molecule has 4 heteroatoms. The van der Waals surface area contributed by atoms with Gasteiger partial charge < -0.3 is 0 Å². The Morgan fingerprint density at radius 1 is 0.828 bits per heavy atom. The smallest absolute Gasteiger partial charge is 0.204 e. The van der Waals surface area contributed by atoms with Crippen molar-refractivity contribution >= 4 is 22.2 Å². The van der Waals surface area contributed by atoms with Gasteiger partial charge >= 0.3 is 0 Å². The summed E-state index contributed by atoms with van der Waals surface area (Å²) < 4.78 is 0. The molecule has 0 saturated heterocycles. The second-order valence-electron chi connectivity index (χ2n) is 7.04. The second-order valence-corrected chi connectivity index (χ2v) is 8.04. The van der Waals surface area contributed by atoms with Crippen LogP contribution in [0, 0.1) is 13.8 Å². The maximum atomic E-state index is 4.89. The van der Waals surface area contributed by atoms with Crippen LogP contribution in [0.25, 0.3) is 21.7 Å². The first-order chi connectivity index (χ1) is 14.1. The highest BCUT2D eigenvalue weighted by atomic mass is 32.1. The van der Waals surface area contributed by atoms with Gasteiger partial charge in [0.1, 0.15) is 0 Å². The maximum absolute atomic E-state index is 4.89. The molecule has 0 fully saturated rings. The zero-order valence-electron chi connectivity index (χ0n) is 16.8. The van der Waals surface area contributed by atoms with Crippen LogP contribution in [0.15, 0.2) is 84.0 Å². The largest absolute Gasteiger partial charge is 0.252 e. The van der Waals surface area contributed by atoms with E-state index in [0.717, 1.165) is 38.1 Å². The molecular weight excluding hydrogens is 374 g/mol. The van der Waals surface area contributed by atoms with Gasteiger partial charge in [-0.05, 0) is 49.1 Å². The predicted octanol–water partition coefficient (Wildman–Crippen LogP) is 6.93. The van der Waals surface area contributed by atoms with Crippen molar-refractivity contribution in [2.75, 3.05) is 5.43 Å². The maximum Gasteiger partial charge on any atom is 0.204 e. The summed E-state index contributed by atoms with van der Waals surface area (Å²) in [6.45, 7) is 6.27. The molecule has 0 saturated carbocycles. The lowest BCUT2D eigenvalue weighted by atomic mass is 10.0. The number of rotatable bonds is 5. The Kier molecular flexibility index (Phi) is 5.54. The molecule has 3 nitrogen and oxygen atoms in total. The van der Waals surface area contributed by atoms with Crippen molar-refractivity contribution in [2.45, 2.75) is 20.8 Å². The highest BCUT2D eigenvalue weighted by Crippen LogP contribution is 2.39. The number of thiazole rings is 1. The number of nitrogens with one attached hydrogen (secondary N) is 1. The minimum atomic E-state index is 0.785.